The Morgan fingerprint density at radius 3 is 2.33 bits per heavy atom. The quantitative estimate of drug-likeness (QED) is 0.0929. The van der Waals surface area contributed by atoms with E-state index >= 15 is 8.78 Å². The number of aromatic nitrogens is 3. The molecule has 1 atom stereocenters. The van der Waals surface area contributed by atoms with Gasteiger partial charge in [0.05, 0.1) is 30.2 Å². The van der Waals surface area contributed by atoms with Crippen molar-refractivity contribution in [2.45, 2.75) is 70.8 Å². The number of hydrogen-bond donors (Lipinski definition) is 3. The summed E-state index contributed by atoms with van der Waals surface area (Å²) < 4.78 is 49.8. The molecule has 3 fully saturated rings. The van der Waals surface area contributed by atoms with E-state index in [1.165, 1.54) is 11.3 Å². The van der Waals surface area contributed by atoms with E-state index in [1.54, 1.807) is 38.8 Å². The van der Waals surface area contributed by atoms with Gasteiger partial charge in [-0.2, -0.15) is 4.98 Å². The molecule has 0 spiro atoms. The second-order valence-electron chi connectivity index (χ2n) is 17.6. The molecule has 0 radical (unpaired) electrons. The van der Waals surface area contributed by atoms with Crippen LogP contribution in [0.1, 0.15) is 67.8 Å². The van der Waals surface area contributed by atoms with Crippen molar-refractivity contribution in [3.63, 3.8) is 0 Å². The third kappa shape index (κ3) is 10.3. The van der Waals surface area contributed by atoms with Crippen LogP contribution in [-0.4, -0.2) is 110 Å². The maximum Gasteiger partial charge on any atom is 0.229 e. The Balaban J connectivity index is 0.880. The van der Waals surface area contributed by atoms with Crippen molar-refractivity contribution >= 4 is 63.8 Å². The summed E-state index contributed by atoms with van der Waals surface area (Å²) in [5.41, 5.74) is 6.54. The SMILES string of the molecule is CCc1ccc2c(P(C)(C)=O)c(Nc3nc(Nc4cc(CC)c(N5CCC(N6CCN(CCc7cc(F)c(C8CCCNC8)c(F)c7)CC6)CC5)cc4OC)ncc3Cl)ccc2n1. The summed E-state index contributed by atoms with van der Waals surface area (Å²) in [4.78, 5) is 21.6. The summed E-state index contributed by atoms with van der Waals surface area (Å²) in [6.45, 7) is 15.9. The summed E-state index contributed by atoms with van der Waals surface area (Å²) in [6.07, 6.45) is 7.76. The lowest BCUT2D eigenvalue weighted by Gasteiger charge is -2.43. The molecule has 8 rings (SSSR count). The Hall–Kier alpha value is -4.39. The van der Waals surface area contributed by atoms with Gasteiger partial charge in [-0.25, -0.2) is 13.8 Å². The molecule has 3 saturated heterocycles. The van der Waals surface area contributed by atoms with Crippen LogP contribution in [0.25, 0.3) is 10.9 Å². The smallest absolute Gasteiger partial charge is 0.229 e. The number of aryl methyl sites for hydroxylation is 2. The Morgan fingerprint density at radius 1 is 0.905 bits per heavy atom. The molecule has 11 nitrogen and oxygen atoms in total. The highest BCUT2D eigenvalue weighted by Gasteiger charge is 2.30. The maximum absolute atomic E-state index is 15.1. The second kappa shape index (κ2) is 19.8. The summed E-state index contributed by atoms with van der Waals surface area (Å²) in [5.74, 6) is 0.530. The zero-order valence-electron chi connectivity index (χ0n) is 37.2. The van der Waals surface area contributed by atoms with Crippen LogP contribution < -0.4 is 30.9 Å². The van der Waals surface area contributed by atoms with E-state index in [0.29, 0.717) is 52.5 Å². The Bertz CT molecular complexity index is 2440. The van der Waals surface area contributed by atoms with E-state index in [9.17, 15) is 4.57 Å². The lowest BCUT2D eigenvalue weighted by Crippen LogP contribution is -2.53. The zero-order valence-corrected chi connectivity index (χ0v) is 38.9. The van der Waals surface area contributed by atoms with Gasteiger partial charge in [0, 0.05) is 98.0 Å². The lowest BCUT2D eigenvalue weighted by atomic mass is 9.90. The number of nitrogens with zero attached hydrogens (tertiary/aromatic N) is 6. The fourth-order valence-electron chi connectivity index (χ4n) is 9.71. The van der Waals surface area contributed by atoms with Crippen LogP contribution in [0, 0.1) is 11.6 Å². The van der Waals surface area contributed by atoms with Crippen LogP contribution in [0.4, 0.5) is 37.6 Å². The van der Waals surface area contributed by atoms with E-state index in [4.69, 9.17) is 26.3 Å². The molecule has 1 unspecified atom stereocenters. The van der Waals surface area contributed by atoms with Crippen LogP contribution in [0.3, 0.4) is 0 Å². The first-order valence-corrected chi connectivity index (χ1v) is 25.6. The highest BCUT2D eigenvalue weighted by molar-refractivity contribution is 7.71. The normalized spacial score (nSPS) is 18.2. The monoisotopic (exact) mass is 899 g/mol. The van der Waals surface area contributed by atoms with Gasteiger partial charge in [-0.3, -0.25) is 9.88 Å². The average molecular weight is 900 g/mol. The van der Waals surface area contributed by atoms with Gasteiger partial charge in [0.1, 0.15) is 29.5 Å². The molecule has 3 N–H and O–H groups in total. The minimum atomic E-state index is -2.76. The molecule has 5 heterocycles. The topological polar surface area (TPSA) is 111 Å². The molecule has 0 aliphatic carbocycles. The summed E-state index contributed by atoms with van der Waals surface area (Å²) in [6, 6.07) is 15.7. The van der Waals surface area contributed by atoms with Gasteiger partial charge in [-0.1, -0.05) is 31.5 Å². The first kappa shape index (κ1) is 45.2. The number of piperazine rings is 1. The summed E-state index contributed by atoms with van der Waals surface area (Å²) in [5, 5.41) is 11.9. The molecule has 3 aliphatic rings. The number of benzene rings is 3. The van der Waals surface area contributed by atoms with Gasteiger partial charge in [0.2, 0.25) is 5.95 Å². The first-order valence-electron chi connectivity index (χ1n) is 22.6. The predicted molar refractivity (Wildman–Crippen MR) is 254 cm³/mol. The van der Waals surface area contributed by atoms with Crippen molar-refractivity contribution < 1.29 is 18.1 Å². The summed E-state index contributed by atoms with van der Waals surface area (Å²) in [7, 11) is -1.09. The lowest BCUT2D eigenvalue weighted by molar-refractivity contribution is 0.0855. The number of anilines is 5. The molecule has 3 aliphatic heterocycles. The number of ether oxygens (including phenoxy) is 1. The Kier molecular flexibility index (Phi) is 14.2. The van der Waals surface area contributed by atoms with E-state index in [2.05, 4.69) is 61.6 Å². The van der Waals surface area contributed by atoms with Crippen LogP contribution >= 0.6 is 18.7 Å². The minimum Gasteiger partial charge on any atom is -0.494 e. The third-order valence-corrected chi connectivity index (χ3v) is 15.0. The second-order valence-corrected chi connectivity index (χ2v) is 21.1. The van der Waals surface area contributed by atoms with Gasteiger partial charge in [0.25, 0.3) is 0 Å². The third-order valence-electron chi connectivity index (χ3n) is 13.1. The molecular weight excluding hydrogens is 839 g/mol. The van der Waals surface area contributed by atoms with Gasteiger partial charge in [0.15, 0.2) is 5.82 Å². The molecule has 0 amide bonds. The van der Waals surface area contributed by atoms with Crippen LogP contribution in [0.2, 0.25) is 5.02 Å². The number of fused-ring (bicyclic) bond motifs is 1. The van der Waals surface area contributed by atoms with Crippen molar-refractivity contribution in [1.29, 1.82) is 0 Å². The van der Waals surface area contributed by atoms with Crippen molar-refractivity contribution in [3.8, 4) is 5.75 Å². The molecule has 3 aromatic carbocycles. The number of rotatable bonds is 14. The standard InChI is InChI=1S/C48H61ClF2N9O2P/c1-6-32-27-42(56-48-53-30-37(49)47(57-48)55-41-13-12-40-36(46(41)63(4,5)61)11-10-34(7-2)54-40)44(62-3)28-43(32)60-19-15-35(16-20-60)59-23-21-58(22-24-59)18-14-31-25-38(50)45(39(51)26-31)33-9-8-17-52-29-33/h10-13,25-28,30,33,35,52H,6-9,14-24,29H2,1-5H3,(H2,53,55,56,57). The fourth-order valence-corrected chi connectivity index (χ4v) is 11.3. The van der Waals surface area contributed by atoms with Crippen molar-refractivity contribution in [2.75, 3.05) is 94.9 Å². The molecule has 0 bridgehead atoms. The fraction of sp³-hybridized carbons (Fsp3) is 0.479. The number of halogens is 3. The van der Waals surface area contributed by atoms with Gasteiger partial charge < -0.3 is 35.1 Å². The zero-order chi connectivity index (χ0) is 44.3. The number of methoxy groups -OCH3 is 1. The molecular formula is C48H61ClF2N9O2P. The van der Waals surface area contributed by atoms with E-state index in [1.807, 2.05) is 24.3 Å². The van der Waals surface area contributed by atoms with E-state index < -0.39 is 18.8 Å². The van der Waals surface area contributed by atoms with Crippen LogP contribution in [0.5, 0.6) is 5.75 Å². The number of hydrogen-bond acceptors (Lipinski definition) is 11. The molecule has 63 heavy (non-hydrogen) atoms. The minimum absolute atomic E-state index is 0.0891. The first-order chi connectivity index (χ1) is 30.4. The average Bonchev–Trinajstić information content (AvgIpc) is 3.29. The van der Waals surface area contributed by atoms with E-state index in [0.717, 1.165) is 119 Å². The molecule has 336 valence electrons. The van der Waals surface area contributed by atoms with Gasteiger partial charge in [-0.05, 0) is 112 Å². The molecule has 5 aromatic rings. The van der Waals surface area contributed by atoms with Crippen LogP contribution in [0.15, 0.2) is 54.7 Å². The van der Waals surface area contributed by atoms with E-state index in [-0.39, 0.29) is 11.5 Å². The Morgan fingerprint density at radius 2 is 1.67 bits per heavy atom. The van der Waals surface area contributed by atoms with Crippen molar-refractivity contribution in [1.82, 2.24) is 30.1 Å². The van der Waals surface area contributed by atoms with Crippen molar-refractivity contribution in [3.05, 3.63) is 93.8 Å². The highest BCUT2D eigenvalue weighted by atomic mass is 35.5. The van der Waals surface area contributed by atoms with Crippen molar-refractivity contribution in [2.24, 2.45) is 0 Å². The number of nitrogens with one attached hydrogen (secondary N) is 3. The highest BCUT2D eigenvalue weighted by Crippen LogP contribution is 2.42. The largest absolute Gasteiger partial charge is 0.494 e. The Labute approximate surface area is 375 Å². The molecule has 15 heteroatoms. The number of piperidine rings is 2. The number of pyridine rings is 1. The van der Waals surface area contributed by atoms with Gasteiger partial charge in [-0.15, -0.1) is 0 Å². The molecule has 0 saturated carbocycles. The van der Waals surface area contributed by atoms with Crippen LogP contribution in [-0.2, 0) is 23.8 Å². The maximum atomic E-state index is 15.1. The van der Waals surface area contributed by atoms with Gasteiger partial charge >= 0.3 is 0 Å². The predicted octanol–water partition coefficient (Wildman–Crippen LogP) is 9.12. The summed E-state index contributed by atoms with van der Waals surface area (Å²) >= 11 is 6.66. The molecule has 2 aromatic heterocycles.